The number of benzene rings is 2. The number of aryl methyl sites for hydroxylation is 1. The van der Waals surface area contributed by atoms with Crippen LogP contribution < -0.4 is 15.4 Å². The molecule has 0 fully saturated rings. The molecule has 140 valence electrons. The summed E-state index contributed by atoms with van der Waals surface area (Å²) in [6.07, 6.45) is 1.22. The SMILES string of the molecule is COc1ccc(C)cc1NC(=O)/C=C(/C)C(=O)Nc1ccc(C(C)=O)cc1. The van der Waals surface area contributed by atoms with Gasteiger partial charge in [0.25, 0.3) is 5.91 Å². The van der Waals surface area contributed by atoms with Crippen LogP contribution >= 0.6 is 0 Å². The molecule has 2 aromatic carbocycles. The van der Waals surface area contributed by atoms with Crippen LogP contribution in [0.2, 0.25) is 0 Å². The van der Waals surface area contributed by atoms with Gasteiger partial charge in [-0.3, -0.25) is 14.4 Å². The van der Waals surface area contributed by atoms with Gasteiger partial charge in [-0.2, -0.15) is 0 Å². The Hall–Kier alpha value is -3.41. The van der Waals surface area contributed by atoms with Crippen molar-refractivity contribution in [1.29, 1.82) is 0 Å². The molecule has 0 aromatic heterocycles. The molecule has 2 N–H and O–H groups in total. The quantitative estimate of drug-likeness (QED) is 0.603. The molecular formula is C21H22N2O4. The summed E-state index contributed by atoms with van der Waals surface area (Å²) in [5.74, 6) is -0.349. The van der Waals surface area contributed by atoms with Crippen LogP contribution in [0.25, 0.3) is 0 Å². The molecule has 0 aliphatic heterocycles. The van der Waals surface area contributed by atoms with Gasteiger partial charge in [0.05, 0.1) is 12.8 Å². The Morgan fingerprint density at radius 2 is 1.63 bits per heavy atom. The Bertz CT molecular complexity index is 899. The monoisotopic (exact) mass is 366 g/mol. The molecular weight excluding hydrogens is 344 g/mol. The number of carbonyl (C=O) groups is 3. The van der Waals surface area contributed by atoms with Gasteiger partial charge in [0, 0.05) is 22.9 Å². The lowest BCUT2D eigenvalue weighted by atomic mass is 10.1. The first-order valence-corrected chi connectivity index (χ1v) is 8.36. The number of carbonyl (C=O) groups excluding carboxylic acids is 3. The molecule has 2 rings (SSSR count). The predicted octanol–water partition coefficient (Wildman–Crippen LogP) is 3.73. The van der Waals surface area contributed by atoms with Crippen LogP contribution in [0.4, 0.5) is 11.4 Å². The van der Waals surface area contributed by atoms with Crippen LogP contribution in [0.15, 0.2) is 54.1 Å². The minimum Gasteiger partial charge on any atom is -0.495 e. The molecule has 2 amide bonds. The molecule has 0 unspecified atom stereocenters. The highest BCUT2D eigenvalue weighted by Gasteiger charge is 2.10. The Morgan fingerprint density at radius 1 is 0.963 bits per heavy atom. The zero-order valence-electron chi connectivity index (χ0n) is 15.8. The summed E-state index contributed by atoms with van der Waals surface area (Å²) in [4.78, 5) is 35.7. The number of nitrogens with one attached hydrogen (secondary N) is 2. The van der Waals surface area contributed by atoms with Gasteiger partial charge in [0.2, 0.25) is 5.91 Å². The van der Waals surface area contributed by atoms with Crippen molar-refractivity contribution in [3.63, 3.8) is 0 Å². The van der Waals surface area contributed by atoms with E-state index in [1.165, 1.54) is 20.1 Å². The van der Waals surface area contributed by atoms with Crippen molar-refractivity contribution in [3.8, 4) is 5.75 Å². The van der Waals surface area contributed by atoms with E-state index in [0.29, 0.717) is 22.7 Å². The maximum atomic E-state index is 12.2. The van der Waals surface area contributed by atoms with Crippen LogP contribution in [0, 0.1) is 6.92 Å². The Balaban J connectivity index is 2.05. The van der Waals surface area contributed by atoms with Crippen LogP contribution in [0.5, 0.6) is 5.75 Å². The van der Waals surface area contributed by atoms with Gasteiger partial charge in [-0.15, -0.1) is 0 Å². The van der Waals surface area contributed by atoms with E-state index in [-0.39, 0.29) is 11.4 Å². The van der Waals surface area contributed by atoms with Crippen molar-refractivity contribution in [2.24, 2.45) is 0 Å². The molecule has 0 bridgehead atoms. The second kappa shape index (κ2) is 8.80. The molecule has 0 heterocycles. The number of methoxy groups -OCH3 is 1. The number of amides is 2. The lowest BCUT2D eigenvalue weighted by molar-refractivity contribution is -0.114. The number of hydrogen-bond donors (Lipinski definition) is 2. The third kappa shape index (κ3) is 5.54. The van der Waals surface area contributed by atoms with E-state index in [2.05, 4.69) is 10.6 Å². The Labute approximate surface area is 158 Å². The minimum absolute atomic E-state index is 0.0489. The van der Waals surface area contributed by atoms with E-state index in [1.807, 2.05) is 13.0 Å². The fourth-order valence-electron chi connectivity index (χ4n) is 2.37. The van der Waals surface area contributed by atoms with E-state index in [4.69, 9.17) is 4.74 Å². The van der Waals surface area contributed by atoms with Crippen molar-refractivity contribution < 1.29 is 19.1 Å². The second-order valence-corrected chi connectivity index (χ2v) is 6.11. The highest BCUT2D eigenvalue weighted by Crippen LogP contribution is 2.25. The molecule has 27 heavy (non-hydrogen) atoms. The second-order valence-electron chi connectivity index (χ2n) is 6.11. The number of anilines is 2. The van der Waals surface area contributed by atoms with Gasteiger partial charge >= 0.3 is 0 Å². The van der Waals surface area contributed by atoms with Crippen molar-refractivity contribution in [1.82, 2.24) is 0 Å². The summed E-state index contributed by atoms with van der Waals surface area (Å²) in [6.45, 7) is 4.93. The predicted molar refractivity (Wildman–Crippen MR) is 105 cm³/mol. The maximum Gasteiger partial charge on any atom is 0.251 e. The summed E-state index contributed by atoms with van der Waals surface area (Å²) in [5.41, 5.74) is 2.85. The number of ketones is 1. The first-order valence-electron chi connectivity index (χ1n) is 8.36. The van der Waals surface area contributed by atoms with E-state index < -0.39 is 11.8 Å². The van der Waals surface area contributed by atoms with Crippen molar-refractivity contribution >= 4 is 29.0 Å². The lowest BCUT2D eigenvalue weighted by Crippen LogP contribution is -2.16. The van der Waals surface area contributed by atoms with Crippen LogP contribution in [0.3, 0.4) is 0 Å². The third-order valence-electron chi connectivity index (χ3n) is 3.87. The van der Waals surface area contributed by atoms with Crippen molar-refractivity contribution in [3.05, 3.63) is 65.2 Å². The number of ether oxygens (including phenoxy) is 1. The van der Waals surface area contributed by atoms with Crippen LogP contribution in [-0.2, 0) is 9.59 Å². The highest BCUT2D eigenvalue weighted by molar-refractivity contribution is 6.10. The molecule has 0 saturated heterocycles. The topological polar surface area (TPSA) is 84.5 Å². The maximum absolute atomic E-state index is 12.2. The average molecular weight is 366 g/mol. The van der Waals surface area contributed by atoms with Gasteiger partial charge < -0.3 is 15.4 Å². The van der Waals surface area contributed by atoms with Crippen molar-refractivity contribution in [2.75, 3.05) is 17.7 Å². The molecule has 0 saturated carbocycles. The van der Waals surface area contributed by atoms with Gasteiger partial charge in [0.15, 0.2) is 5.78 Å². The normalized spacial score (nSPS) is 10.9. The molecule has 0 radical (unpaired) electrons. The first kappa shape index (κ1) is 19.9. The summed E-state index contributed by atoms with van der Waals surface area (Å²) in [6, 6.07) is 12.0. The fourth-order valence-corrected chi connectivity index (χ4v) is 2.37. The first-order chi connectivity index (χ1) is 12.8. The van der Waals surface area contributed by atoms with Crippen molar-refractivity contribution in [2.45, 2.75) is 20.8 Å². The Kier molecular flexibility index (Phi) is 6.49. The van der Waals surface area contributed by atoms with Gasteiger partial charge in [-0.05, 0) is 62.7 Å². The smallest absolute Gasteiger partial charge is 0.251 e. The van der Waals surface area contributed by atoms with Gasteiger partial charge in [-0.1, -0.05) is 6.07 Å². The van der Waals surface area contributed by atoms with Crippen LogP contribution in [-0.4, -0.2) is 24.7 Å². The number of Topliss-reactive ketones (excluding diaryl/α,β-unsaturated/α-hetero) is 1. The lowest BCUT2D eigenvalue weighted by Gasteiger charge is -2.10. The van der Waals surface area contributed by atoms with Crippen LogP contribution in [0.1, 0.15) is 29.8 Å². The van der Waals surface area contributed by atoms with E-state index in [0.717, 1.165) is 5.56 Å². The molecule has 0 spiro atoms. The fraction of sp³-hybridized carbons (Fsp3) is 0.190. The molecule has 0 aliphatic rings. The number of rotatable bonds is 6. The largest absolute Gasteiger partial charge is 0.495 e. The van der Waals surface area contributed by atoms with E-state index in [1.54, 1.807) is 43.3 Å². The highest BCUT2D eigenvalue weighted by atomic mass is 16.5. The summed E-state index contributed by atoms with van der Waals surface area (Å²) in [5, 5.41) is 5.40. The summed E-state index contributed by atoms with van der Waals surface area (Å²) >= 11 is 0. The van der Waals surface area contributed by atoms with E-state index in [9.17, 15) is 14.4 Å². The summed E-state index contributed by atoms with van der Waals surface area (Å²) in [7, 11) is 1.52. The molecule has 0 aliphatic carbocycles. The summed E-state index contributed by atoms with van der Waals surface area (Å²) < 4.78 is 5.22. The zero-order chi connectivity index (χ0) is 20.0. The Morgan fingerprint density at radius 3 is 2.22 bits per heavy atom. The molecule has 6 nitrogen and oxygen atoms in total. The standard InChI is InChI=1S/C21H22N2O4/c1-13-5-10-19(27-4)18(11-13)23-20(25)12-14(2)21(26)22-17-8-6-16(7-9-17)15(3)24/h5-12H,1-4H3,(H,22,26)(H,23,25)/b14-12-. The molecule has 2 aromatic rings. The zero-order valence-corrected chi connectivity index (χ0v) is 15.8. The van der Waals surface area contributed by atoms with Gasteiger partial charge in [0.1, 0.15) is 5.75 Å². The molecule has 0 atom stereocenters. The third-order valence-corrected chi connectivity index (χ3v) is 3.87. The number of hydrogen-bond acceptors (Lipinski definition) is 4. The minimum atomic E-state index is -0.432. The average Bonchev–Trinajstić information content (AvgIpc) is 2.62. The van der Waals surface area contributed by atoms with E-state index >= 15 is 0 Å². The molecule has 6 heteroatoms. The van der Waals surface area contributed by atoms with Gasteiger partial charge in [-0.25, -0.2) is 0 Å².